The maximum absolute atomic E-state index is 5.93. The summed E-state index contributed by atoms with van der Waals surface area (Å²) in [5, 5.41) is 0. The second-order valence-electron chi connectivity index (χ2n) is 5.10. The van der Waals surface area contributed by atoms with Crippen molar-refractivity contribution in [2.45, 2.75) is 38.1 Å². The molecule has 0 radical (unpaired) electrons. The molecule has 1 aromatic heterocycles. The van der Waals surface area contributed by atoms with E-state index < -0.39 is 0 Å². The maximum atomic E-state index is 5.93. The van der Waals surface area contributed by atoms with Crippen molar-refractivity contribution in [1.29, 1.82) is 0 Å². The third-order valence-electron chi connectivity index (χ3n) is 3.98. The molecule has 3 rings (SSSR count). The van der Waals surface area contributed by atoms with Crippen molar-refractivity contribution < 1.29 is 4.74 Å². The summed E-state index contributed by atoms with van der Waals surface area (Å²) >= 11 is 5.93. The number of nitrogens with zero attached hydrogens (tertiary/aromatic N) is 2. The van der Waals surface area contributed by atoms with Crippen LogP contribution in [-0.4, -0.2) is 22.5 Å². The molecule has 1 saturated carbocycles. The van der Waals surface area contributed by atoms with Crippen molar-refractivity contribution in [3.63, 3.8) is 0 Å². The summed E-state index contributed by atoms with van der Waals surface area (Å²) < 4.78 is 7.82. The van der Waals surface area contributed by atoms with Crippen molar-refractivity contribution in [1.82, 2.24) is 9.55 Å². The van der Waals surface area contributed by atoms with Gasteiger partial charge in [-0.15, -0.1) is 11.6 Å². The molecule has 2 aromatic rings. The maximum Gasteiger partial charge on any atom is 0.146 e. The van der Waals surface area contributed by atoms with E-state index in [4.69, 9.17) is 21.3 Å². The molecule has 102 valence electrons. The number of benzene rings is 1. The van der Waals surface area contributed by atoms with Crippen LogP contribution in [0.1, 0.15) is 37.5 Å². The molecule has 19 heavy (non-hydrogen) atoms. The van der Waals surface area contributed by atoms with Crippen LogP contribution in [0.25, 0.3) is 11.0 Å². The van der Waals surface area contributed by atoms with Gasteiger partial charge >= 0.3 is 0 Å². The molecule has 1 aliphatic carbocycles. The third kappa shape index (κ3) is 2.20. The van der Waals surface area contributed by atoms with Gasteiger partial charge in [0, 0.05) is 18.3 Å². The average Bonchev–Trinajstić information content (AvgIpc) is 3.04. The van der Waals surface area contributed by atoms with E-state index >= 15 is 0 Å². The van der Waals surface area contributed by atoms with E-state index in [-0.39, 0.29) is 0 Å². The first-order valence-corrected chi connectivity index (χ1v) is 7.48. The van der Waals surface area contributed by atoms with Gasteiger partial charge in [0.1, 0.15) is 17.1 Å². The average molecular weight is 279 g/mol. The van der Waals surface area contributed by atoms with E-state index in [1.54, 1.807) is 7.11 Å². The number of aryl methyl sites for hydroxylation is 1. The van der Waals surface area contributed by atoms with Crippen molar-refractivity contribution in [3.8, 4) is 5.75 Å². The molecule has 0 bridgehead atoms. The number of hydrogen-bond donors (Lipinski definition) is 0. The third-order valence-corrected chi connectivity index (χ3v) is 4.17. The number of rotatable bonds is 4. The standard InChI is InChI=1S/C15H19ClN2O/c1-19-13-8-4-7-12-15(13)17-14(9-10-16)18(12)11-5-2-3-6-11/h4,7-8,11H,2-3,5-6,9-10H2,1H3. The fraction of sp³-hybridized carbons (Fsp3) is 0.533. The largest absolute Gasteiger partial charge is 0.494 e. The lowest BCUT2D eigenvalue weighted by Crippen LogP contribution is -2.09. The van der Waals surface area contributed by atoms with Gasteiger partial charge in [-0.3, -0.25) is 0 Å². The highest BCUT2D eigenvalue weighted by Crippen LogP contribution is 2.35. The lowest BCUT2D eigenvalue weighted by Gasteiger charge is -2.16. The second kappa shape index (κ2) is 5.41. The minimum Gasteiger partial charge on any atom is -0.494 e. The predicted octanol–water partition coefficient (Wildman–Crippen LogP) is 3.94. The number of hydrogen-bond acceptors (Lipinski definition) is 2. The van der Waals surface area contributed by atoms with Crippen molar-refractivity contribution in [2.24, 2.45) is 0 Å². The van der Waals surface area contributed by atoms with Gasteiger partial charge in [0.05, 0.1) is 12.6 Å². The molecule has 0 unspecified atom stereocenters. The molecule has 0 N–H and O–H groups in total. The first-order chi connectivity index (χ1) is 9.35. The van der Waals surface area contributed by atoms with E-state index in [1.807, 2.05) is 12.1 Å². The van der Waals surface area contributed by atoms with Crippen LogP contribution in [0.5, 0.6) is 5.75 Å². The van der Waals surface area contributed by atoms with Crippen LogP contribution in [0.3, 0.4) is 0 Å². The van der Waals surface area contributed by atoms with Gasteiger partial charge in [-0.1, -0.05) is 18.9 Å². The van der Waals surface area contributed by atoms with E-state index in [0.29, 0.717) is 11.9 Å². The minimum atomic E-state index is 0.579. The Morgan fingerprint density at radius 2 is 2.16 bits per heavy atom. The number of ether oxygens (including phenoxy) is 1. The minimum absolute atomic E-state index is 0.579. The highest BCUT2D eigenvalue weighted by atomic mass is 35.5. The normalized spacial score (nSPS) is 16.3. The second-order valence-corrected chi connectivity index (χ2v) is 5.48. The van der Waals surface area contributed by atoms with Crippen molar-refractivity contribution in [3.05, 3.63) is 24.0 Å². The van der Waals surface area contributed by atoms with E-state index in [9.17, 15) is 0 Å². The molecule has 1 aliphatic rings. The van der Waals surface area contributed by atoms with Gasteiger partial charge in [0.2, 0.25) is 0 Å². The van der Waals surface area contributed by atoms with Crippen LogP contribution in [0.4, 0.5) is 0 Å². The SMILES string of the molecule is COc1cccc2c1nc(CCCl)n2C1CCCC1. The predicted molar refractivity (Wildman–Crippen MR) is 78.2 cm³/mol. The van der Waals surface area contributed by atoms with Crippen molar-refractivity contribution in [2.75, 3.05) is 13.0 Å². The molecule has 0 spiro atoms. The molecule has 1 aromatic carbocycles. The van der Waals surface area contributed by atoms with Gasteiger partial charge < -0.3 is 9.30 Å². The van der Waals surface area contributed by atoms with Gasteiger partial charge in [-0.25, -0.2) is 4.98 Å². The lowest BCUT2D eigenvalue weighted by molar-refractivity contribution is 0.419. The Balaban J connectivity index is 2.17. The summed E-state index contributed by atoms with van der Waals surface area (Å²) in [5.74, 6) is 2.56. The number of imidazole rings is 1. The number of fused-ring (bicyclic) bond motifs is 1. The molecule has 1 heterocycles. The van der Waals surface area contributed by atoms with Gasteiger partial charge in [0.25, 0.3) is 0 Å². The zero-order chi connectivity index (χ0) is 13.2. The van der Waals surface area contributed by atoms with Crippen LogP contribution >= 0.6 is 11.6 Å². The Kier molecular flexibility index (Phi) is 3.65. The van der Waals surface area contributed by atoms with Crippen LogP contribution in [0.15, 0.2) is 18.2 Å². The molecule has 1 fully saturated rings. The number of alkyl halides is 1. The van der Waals surface area contributed by atoms with Gasteiger partial charge in [0.15, 0.2) is 0 Å². The first-order valence-electron chi connectivity index (χ1n) is 6.95. The highest BCUT2D eigenvalue weighted by Gasteiger charge is 2.23. The summed E-state index contributed by atoms with van der Waals surface area (Å²) in [7, 11) is 1.70. The van der Waals surface area contributed by atoms with Crippen molar-refractivity contribution >= 4 is 22.6 Å². The van der Waals surface area contributed by atoms with Crippen LogP contribution in [-0.2, 0) is 6.42 Å². The van der Waals surface area contributed by atoms with E-state index in [2.05, 4.69) is 10.6 Å². The Morgan fingerprint density at radius 3 is 2.84 bits per heavy atom. The van der Waals surface area contributed by atoms with Gasteiger partial charge in [-0.2, -0.15) is 0 Å². The fourth-order valence-electron chi connectivity index (χ4n) is 3.13. The Hall–Kier alpha value is -1.22. The summed E-state index contributed by atoms with van der Waals surface area (Å²) in [6, 6.07) is 6.73. The Bertz CT molecular complexity index is 573. The molecule has 3 nitrogen and oxygen atoms in total. The summed E-state index contributed by atoms with van der Waals surface area (Å²) in [6.45, 7) is 0. The van der Waals surface area contributed by atoms with Gasteiger partial charge in [-0.05, 0) is 25.0 Å². The first kappa shape index (κ1) is 12.8. The van der Waals surface area contributed by atoms with Crippen LogP contribution in [0.2, 0.25) is 0 Å². The molecule has 0 aliphatic heterocycles. The van der Waals surface area contributed by atoms with E-state index in [0.717, 1.165) is 23.5 Å². The zero-order valence-electron chi connectivity index (χ0n) is 11.2. The molecule has 0 atom stereocenters. The number of aromatic nitrogens is 2. The lowest BCUT2D eigenvalue weighted by atomic mass is 10.2. The Morgan fingerprint density at radius 1 is 1.37 bits per heavy atom. The number of para-hydroxylation sites is 1. The fourth-order valence-corrected chi connectivity index (χ4v) is 3.30. The monoisotopic (exact) mass is 278 g/mol. The number of methoxy groups -OCH3 is 1. The van der Waals surface area contributed by atoms with Crippen LogP contribution < -0.4 is 4.74 Å². The quantitative estimate of drug-likeness (QED) is 0.792. The van der Waals surface area contributed by atoms with E-state index in [1.165, 1.54) is 31.2 Å². The summed E-state index contributed by atoms with van der Waals surface area (Å²) in [6.07, 6.45) is 5.94. The molecule has 0 saturated heterocycles. The number of halogens is 1. The van der Waals surface area contributed by atoms with Crippen LogP contribution in [0, 0.1) is 0 Å². The molecular weight excluding hydrogens is 260 g/mol. The molecule has 4 heteroatoms. The summed E-state index contributed by atoms with van der Waals surface area (Å²) in [5.41, 5.74) is 2.16. The summed E-state index contributed by atoms with van der Waals surface area (Å²) in [4.78, 5) is 4.77. The smallest absolute Gasteiger partial charge is 0.146 e. The molecular formula is C15H19ClN2O. The topological polar surface area (TPSA) is 27.1 Å². The highest BCUT2D eigenvalue weighted by molar-refractivity contribution is 6.17. The Labute approximate surface area is 118 Å². The zero-order valence-corrected chi connectivity index (χ0v) is 12.0. The molecule has 0 amide bonds.